The fraction of sp³-hybridized carbons (Fsp3) is 0.278. The highest BCUT2D eigenvalue weighted by atomic mass is 32.2. The molecule has 0 spiro atoms. The Morgan fingerprint density at radius 2 is 1.92 bits per heavy atom. The van der Waals surface area contributed by atoms with Crippen molar-refractivity contribution >= 4 is 35.2 Å². The number of hydrogen-bond donors (Lipinski definition) is 3. The average Bonchev–Trinajstić information content (AvgIpc) is 3.15. The fourth-order valence-corrected chi connectivity index (χ4v) is 5.32. The Hall–Kier alpha value is -1.70. The van der Waals surface area contributed by atoms with Crippen molar-refractivity contribution in [1.82, 2.24) is 5.32 Å². The number of aliphatic hydroxyl groups excluding tert-OH is 1. The molecule has 0 bridgehead atoms. The molecular formula is C18H19FN2O2S2. The zero-order valence-electron chi connectivity index (χ0n) is 13.4. The van der Waals surface area contributed by atoms with Gasteiger partial charge in [0.25, 0.3) is 0 Å². The second-order valence-electron chi connectivity index (χ2n) is 5.60. The van der Waals surface area contributed by atoms with Gasteiger partial charge in [-0.1, -0.05) is 24.3 Å². The molecule has 1 heterocycles. The molecule has 1 aliphatic heterocycles. The SMILES string of the molecule is O=C(NCC(O)c1ccc(F)cc1)Nc1cccc(C2SCCS2)c1. The number of carbonyl (C=O) groups is 1. The minimum absolute atomic E-state index is 0.0471. The molecule has 1 atom stereocenters. The van der Waals surface area contributed by atoms with E-state index in [9.17, 15) is 14.3 Å². The first-order valence-corrected chi connectivity index (χ1v) is 10.0. The van der Waals surface area contributed by atoms with Gasteiger partial charge in [0.05, 0.1) is 10.7 Å². The van der Waals surface area contributed by atoms with Gasteiger partial charge in [-0.25, -0.2) is 9.18 Å². The van der Waals surface area contributed by atoms with Crippen LogP contribution in [-0.2, 0) is 0 Å². The van der Waals surface area contributed by atoms with Crippen LogP contribution in [0.25, 0.3) is 0 Å². The van der Waals surface area contributed by atoms with Crippen LogP contribution in [-0.4, -0.2) is 29.2 Å². The van der Waals surface area contributed by atoms with E-state index in [1.165, 1.54) is 29.8 Å². The number of thioether (sulfide) groups is 2. The van der Waals surface area contributed by atoms with Crippen LogP contribution in [0.5, 0.6) is 0 Å². The van der Waals surface area contributed by atoms with Gasteiger partial charge in [-0.3, -0.25) is 0 Å². The second-order valence-corrected chi connectivity index (χ2v) is 8.33. The first-order chi connectivity index (χ1) is 12.1. The Morgan fingerprint density at radius 3 is 2.64 bits per heavy atom. The number of carbonyl (C=O) groups excluding carboxylic acids is 1. The van der Waals surface area contributed by atoms with Crippen molar-refractivity contribution < 1.29 is 14.3 Å². The van der Waals surface area contributed by atoms with Crippen LogP contribution in [0.1, 0.15) is 21.8 Å². The van der Waals surface area contributed by atoms with Gasteiger partial charge in [0.2, 0.25) is 0 Å². The highest BCUT2D eigenvalue weighted by Gasteiger charge is 2.18. The molecule has 1 saturated heterocycles. The summed E-state index contributed by atoms with van der Waals surface area (Å²) in [7, 11) is 0. The highest BCUT2D eigenvalue weighted by molar-refractivity contribution is 8.19. The molecule has 2 aromatic carbocycles. The summed E-state index contributed by atoms with van der Waals surface area (Å²) in [5, 5.41) is 15.5. The van der Waals surface area contributed by atoms with Crippen molar-refractivity contribution in [2.75, 3.05) is 23.4 Å². The Bertz CT molecular complexity index is 721. The number of nitrogens with one attached hydrogen (secondary N) is 2. The number of anilines is 1. The zero-order chi connectivity index (χ0) is 17.6. The van der Waals surface area contributed by atoms with Gasteiger partial charge < -0.3 is 15.7 Å². The van der Waals surface area contributed by atoms with Gasteiger partial charge in [0, 0.05) is 23.7 Å². The van der Waals surface area contributed by atoms with Gasteiger partial charge in [-0.2, -0.15) is 0 Å². The van der Waals surface area contributed by atoms with E-state index in [-0.39, 0.29) is 18.4 Å². The molecule has 0 saturated carbocycles. The van der Waals surface area contributed by atoms with E-state index in [0.29, 0.717) is 10.1 Å². The lowest BCUT2D eigenvalue weighted by Gasteiger charge is -2.14. The van der Waals surface area contributed by atoms with E-state index < -0.39 is 6.10 Å². The lowest BCUT2D eigenvalue weighted by atomic mass is 10.1. The summed E-state index contributed by atoms with van der Waals surface area (Å²) in [6, 6.07) is 13.0. The third-order valence-corrected chi connectivity index (χ3v) is 6.85. The molecule has 2 aromatic rings. The molecular weight excluding hydrogens is 359 g/mol. The summed E-state index contributed by atoms with van der Waals surface area (Å²) in [5.74, 6) is 1.93. The fourth-order valence-electron chi connectivity index (χ4n) is 2.48. The molecule has 3 rings (SSSR count). The number of amides is 2. The molecule has 3 N–H and O–H groups in total. The third-order valence-electron chi connectivity index (χ3n) is 3.75. The maximum atomic E-state index is 12.9. The largest absolute Gasteiger partial charge is 0.387 e. The minimum atomic E-state index is -0.885. The number of aliphatic hydroxyl groups is 1. The normalized spacial score (nSPS) is 15.8. The standard InChI is InChI=1S/C18H19FN2O2S2/c19-14-6-4-12(5-7-14)16(22)11-20-18(23)21-15-3-1-2-13(10-15)17-24-8-9-25-17/h1-7,10,16-17,22H,8-9,11H2,(H2,20,21,23). The van der Waals surface area contributed by atoms with Crippen molar-refractivity contribution in [3.8, 4) is 0 Å². The summed E-state index contributed by atoms with van der Waals surface area (Å²) < 4.78 is 13.3. The van der Waals surface area contributed by atoms with Crippen LogP contribution in [0.2, 0.25) is 0 Å². The van der Waals surface area contributed by atoms with E-state index >= 15 is 0 Å². The van der Waals surface area contributed by atoms with Gasteiger partial charge in [0.1, 0.15) is 5.82 Å². The van der Waals surface area contributed by atoms with Crippen molar-refractivity contribution in [1.29, 1.82) is 0 Å². The monoisotopic (exact) mass is 378 g/mol. The second kappa shape index (κ2) is 8.60. The van der Waals surface area contributed by atoms with Crippen molar-refractivity contribution in [3.05, 3.63) is 65.5 Å². The third kappa shape index (κ3) is 5.14. The first kappa shape index (κ1) is 18.1. The number of benzene rings is 2. The Balaban J connectivity index is 1.52. The molecule has 132 valence electrons. The molecule has 2 amide bonds. The first-order valence-electron chi connectivity index (χ1n) is 7.93. The van der Waals surface area contributed by atoms with Crippen LogP contribution in [0, 0.1) is 5.82 Å². The van der Waals surface area contributed by atoms with E-state index in [4.69, 9.17) is 0 Å². The number of rotatable bonds is 5. The van der Waals surface area contributed by atoms with Crippen LogP contribution in [0.15, 0.2) is 48.5 Å². The van der Waals surface area contributed by atoms with E-state index in [1.807, 2.05) is 41.7 Å². The van der Waals surface area contributed by atoms with E-state index in [2.05, 4.69) is 16.7 Å². The Labute approximate surface area is 154 Å². The molecule has 1 unspecified atom stereocenters. The predicted molar refractivity (Wildman–Crippen MR) is 102 cm³/mol. The maximum absolute atomic E-state index is 12.9. The van der Waals surface area contributed by atoms with E-state index in [0.717, 1.165) is 17.2 Å². The lowest BCUT2D eigenvalue weighted by molar-refractivity contribution is 0.175. The van der Waals surface area contributed by atoms with Crippen LogP contribution in [0.3, 0.4) is 0 Å². The van der Waals surface area contributed by atoms with Crippen molar-refractivity contribution in [2.45, 2.75) is 10.7 Å². The molecule has 0 radical (unpaired) electrons. The summed E-state index contributed by atoms with van der Waals surface area (Å²) in [4.78, 5) is 12.0. The molecule has 1 fully saturated rings. The lowest BCUT2D eigenvalue weighted by Crippen LogP contribution is -2.32. The van der Waals surface area contributed by atoms with Gasteiger partial charge in [0.15, 0.2) is 0 Å². The maximum Gasteiger partial charge on any atom is 0.319 e. The smallest absolute Gasteiger partial charge is 0.319 e. The topological polar surface area (TPSA) is 61.4 Å². The molecule has 7 heteroatoms. The summed E-state index contributed by atoms with van der Waals surface area (Å²) in [5.41, 5.74) is 2.47. The number of hydrogen-bond acceptors (Lipinski definition) is 4. The van der Waals surface area contributed by atoms with Crippen LogP contribution in [0.4, 0.5) is 14.9 Å². The highest BCUT2D eigenvalue weighted by Crippen LogP contribution is 2.45. The van der Waals surface area contributed by atoms with Gasteiger partial charge in [-0.15, -0.1) is 23.5 Å². The quantitative estimate of drug-likeness (QED) is 0.731. The Morgan fingerprint density at radius 1 is 1.20 bits per heavy atom. The van der Waals surface area contributed by atoms with E-state index in [1.54, 1.807) is 0 Å². The molecule has 4 nitrogen and oxygen atoms in total. The Kier molecular flexibility index (Phi) is 6.23. The predicted octanol–water partition coefficient (Wildman–Crippen LogP) is 4.16. The van der Waals surface area contributed by atoms with Gasteiger partial charge in [-0.05, 0) is 35.4 Å². The zero-order valence-corrected chi connectivity index (χ0v) is 15.1. The molecule has 0 aliphatic carbocycles. The van der Waals surface area contributed by atoms with Crippen molar-refractivity contribution in [2.24, 2.45) is 0 Å². The summed E-state index contributed by atoms with van der Waals surface area (Å²) >= 11 is 3.82. The summed E-state index contributed by atoms with van der Waals surface area (Å²) in [6.07, 6.45) is -0.885. The minimum Gasteiger partial charge on any atom is -0.387 e. The molecule has 25 heavy (non-hydrogen) atoms. The summed E-state index contributed by atoms with van der Waals surface area (Å²) in [6.45, 7) is 0.0471. The van der Waals surface area contributed by atoms with Crippen LogP contribution < -0.4 is 10.6 Å². The number of halogens is 1. The molecule has 0 aromatic heterocycles. The molecule has 1 aliphatic rings. The van der Waals surface area contributed by atoms with Crippen molar-refractivity contribution in [3.63, 3.8) is 0 Å². The van der Waals surface area contributed by atoms with Crippen LogP contribution >= 0.6 is 23.5 Å². The van der Waals surface area contributed by atoms with Gasteiger partial charge >= 0.3 is 6.03 Å². The number of urea groups is 1. The average molecular weight is 378 g/mol.